The second-order valence-electron chi connectivity index (χ2n) is 9.17. The first-order chi connectivity index (χ1) is 18.3. The number of halogens is 3. The van der Waals surface area contributed by atoms with Gasteiger partial charge in [0.15, 0.2) is 5.78 Å². The lowest BCUT2D eigenvalue weighted by atomic mass is 9.83. The number of sulfone groups is 1. The zero-order valence-electron chi connectivity index (χ0n) is 20.7. The van der Waals surface area contributed by atoms with E-state index in [1.807, 2.05) is 6.07 Å². The highest BCUT2D eigenvalue weighted by molar-refractivity contribution is 7.90. The number of hydrogen-bond donors (Lipinski definition) is 1. The van der Waals surface area contributed by atoms with Gasteiger partial charge >= 0.3 is 18.2 Å². The van der Waals surface area contributed by atoms with Crippen LogP contribution < -0.4 is 10.2 Å². The van der Waals surface area contributed by atoms with Crippen LogP contribution >= 0.6 is 0 Å². The van der Waals surface area contributed by atoms with Crippen molar-refractivity contribution in [3.8, 4) is 6.07 Å². The first kappa shape index (κ1) is 27.8. The number of carbonyl (C=O) groups excluding carboxylic acids is 3. The second kappa shape index (κ2) is 10.5. The summed E-state index contributed by atoms with van der Waals surface area (Å²) in [4.78, 5) is 42.3. The summed E-state index contributed by atoms with van der Waals surface area (Å²) in [5.41, 5.74) is -0.321. The van der Waals surface area contributed by atoms with Gasteiger partial charge in [-0.1, -0.05) is 18.2 Å². The van der Waals surface area contributed by atoms with Crippen LogP contribution in [0, 0.1) is 11.3 Å². The Hall–Kier alpha value is -4.18. The molecule has 4 amide bonds. The van der Waals surface area contributed by atoms with Crippen molar-refractivity contribution < 1.29 is 36.0 Å². The monoisotopic (exact) mass is 560 g/mol. The molecule has 0 saturated heterocycles. The van der Waals surface area contributed by atoms with E-state index in [-0.39, 0.29) is 42.1 Å². The first-order valence-electron chi connectivity index (χ1n) is 11.8. The molecule has 39 heavy (non-hydrogen) atoms. The topological polar surface area (TPSA) is 128 Å². The van der Waals surface area contributed by atoms with Gasteiger partial charge in [0.25, 0.3) is 0 Å². The summed E-state index contributed by atoms with van der Waals surface area (Å²) < 4.78 is 63.6. The van der Waals surface area contributed by atoms with Gasteiger partial charge in [0, 0.05) is 30.5 Å². The number of ketones is 1. The number of alkyl halides is 3. The molecule has 2 aliphatic rings. The van der Waals surface area contributed by atoms with E-state index in [2.05, 4.69) is 5.32 Å². The van der Waals surface area contributed by atoms with Crippen LogP contribution in [0.2, 0.25) is 0 Å². The lowest BCUT2D eigenvalue weighted by Gasteiger charge is -2.44. The van der Waals surface area contributed by atoms with Gasteiger partial charge in [0.05, 0.1) is 34.7 Å². The molecule has 0 bridgehead atoms. The summed E-state index contributed by atoms with van der Waals surface area (Å²) in [5.74, 6) is -0.809. The third kappa shape index (κ3) is 5.80. The molecular weight excluding hydrogens is 537 g/mol. The minimum Gasteiger partial charge on any atom is -0.337 e. The number of hydrogen-bond acceptors (Lipinski definition) is 6. The zero-order chi connectivity index (χ0) is 28.5. The smallest absolute Gasteiger partial charge is 0.337 e. The maximum Gasteiger partial charge on any atom is 0.416 e. The number of carbonyl (C=O) groups is 3. The Balaban J connectivity index is 1.90. The quantitative estimate of drug-likeness (QED) is 0.580. The van der Waals surface area contributed by atoms with Gasteiger partial charge in [0.1, 0.15) is 9.84 Å². The van der Waals surface area contributed by atoms with Crippen LogP contribution in [0.3, 0.4) is 0 Å². The summed E-state index contributed by atoms with van der Waals surface area (Å²) in [6, 6.07) is 8.56. The normalized spacial score (nSPS) is 18.1. The second-order valence-corrected chi connectivity index (χ2v) is 11.4. The number of nitriles is 1. The van der Waals surface area contributed by atoms with Crippen LogP contribution in [0.5, 0.6) is 0 Å². The standard InChI is InChI=1S/C26H23F3N4O5S/c1-39(37,38)13-12-31-24(35)33-23(17-10-8-16(15-30)9-11-17)22-20(6-3-7-21(22)34)32(25(33)36)19-5-2-4-18(14-19)26(27,28)29/h2,4-5,8-11,14,23H,3,6-7,12-13H2,1H3,(H,31,35). The largest absolute Gasteiger partial charge is 0.416 e. The average molecular weight is 561 g/mol. The zero-order valence-corrected chi connectivity index (χ0v) is 21.5. The molecule has 0 radical (unpaired) electrons. The van der Waals surface area contributed by atoms with E-state index in [1.165, 1.54) is 30.3 Å². The van der Waals surface area contributed by atoms with Gasteiger partial charge in [-0.05, 0) is 48.7 Å². The van der Waals surface area contributed by atoms with Gasteiger partial charge in [-0.3, -0.25) is 9.69 Å². The van der Waals surface area contributed by atoms with E-state index in [9.17, 15) is 41.2 Å². The fourth-order valence-corrected chi connectivity index (χ4v) is 5.10. The molecule has 0 saturated carbocycles. The Labute approximate surface area is 222 Å². The number of rotatable bonds is 5. The van der Waals surface area contributed by atoms with Crippen molar-refractivity contribution in [1.29, 1.82) is 5.26 Å². The average Bonchev–Trinajstić information content (AvgIpc) is 2.87. The van der Waals surface area contributed by atoms with Crippen LogP contribution in [0.1, 0.15) is 42.0 Å². The highest BCUT2D eigenvalue weighted by atomic mass is 32.2. The summed E-state index contributed by atoms with van der Waals surface area (Å²) in [5, 5.41) is 11.5. The van der Waals surface area contributed by atoms with Crippen molar-refractivity contribution >= 4 is 33.4 Å². The predicted octanol–water partition coefficient (Wildman–Crippen LogP) is 4.32. The molecule has 204 valence electrons. The van der Waals surface area contributed by atoms with Crippen LogP contribution in [-0.2, 0) is 20.8 Å². The van der Waals surface area contributed by atoms with Crippen LogP contribution in [0.25, 0.3) is 0 Å². The number of imide groups is 1. The van der Waals surface area contributed by atoms with Gasteiger partial charge in [-0.15, -0.1) is 0 Å². The van der Waals surface area contributed by atoms with Crippen LogP contribution in [0.15, 0.2) is 59.8 Å². The molecule has 4 rings (SSSR count). The minimum atomic E-state index is -4.71. The number of anilines is 1. The third-order valence-electron chi connectivity index (χ3n) is 6.38. The molecule has 2 aromatic rings. The molecule has 1 N–H and O–H groups in total. The van der Waals surface area contributed by atoms with Crippen molar-refractivity contribution in [1.82, 2.24) is 10.2 Å². The molecule has 0 fully saturated rings. The number of nitrogens with zero attached hydrogens (tertiary/aromatic N) is 3. The first-order valence-corrected chi connectivity index (χ1v) is 13.9. The molecular formula is C26H23F3N4O5S. The van der Waals surface area contributed by atoms with Crippen molar-refractivity contribution in [2.75, 3.05) is 23.5 Å². The number of urea groups is 2. The molecule has 9 nitrogen and oxygen atoms in total. The van der Waals surface area contributed by atoms with Crippen molar-refractivity contribution in [3.63, 3.8) is 0 Å². The predicted molar refractivity (Wildman–Crippen MR) is 134 cm³/mol. The Morgan fingerprint density at radius 1 is 1.13 bits per heavy atom. The lowest BCUT2D eigenvalue weighted by molar-refractivity contribution is -0.137. The number of amides is 4. The Kier molecular flexibility index (Phi) is 7.52. The number of benzene rings is 2. The van der Waals surface area contributed by atoms with Gasteiger partial charge in [-0.25, -0.2) is 22.9 Å². The lowest BCUT2D eigenvalue weighted by Crippen LogP contribution is -2.57. The molecule has 1 aliphatic heterocycles. The highest BCUT2D eigenvalue weighted by Crippen LogP contribution is 2.44. The molecule has 1 heterocycles. The van der Waals surface area contributed by atoms with E-state index in [1.54, 1.807) is 0 Å². The van der Waals surface area contributed by atoms with Crippen molar-refractivity contribution in [2.45, 2.75) is 31.5 Å². The summed E-state index contributed by atoms with van der Waals surface area (Å²) in [6.45, 7) is -0.342. The Morgan fingerprint density at radius 2 is 1.82 bits per heavy atom. The molecule has 1 unspecified atom stereocenters. The van der Waals surface area contributed by atoms with E-state index >= 15 is 0 Å². The number of nitrogens with one attached hydrogen (secondary N) is 1. The van der Waals surface area contributed by atoms with E-state index in [0.717, 1.165) is 29.4 Å². The summed E-state index contributed by atoms with van der Waals surface area (Å²) in [6.07, 6.45) is -3.10. The third-order valence-corrected chi connectivity index (χ3v) is 7.33. The minimum absolute atomic E-state index is 0.0706. The Bertz CT molecular complexity index is 1510. The maximum absolute atomic E-state index is 14.0. The Morgan fingerprint density at radius 3 is 2.44 bits per heavy atom. The molecule has 0 spiro atoms. The molecule has 13 heteroatoms. The molecule has 1 aliphatic carbocycles. The van der Waals surface area contributed by atoms with Crippen LogP contribution in [0.4, 0.5) is 28.4 Å². The molecule has 2 aromatic carbocycles. The highest BCUT2D eigenvalue weighted by Gasteiger charge is 2.47. The van der Waals surface area contributed by atoms with E-state index in [0.29, 0.717) is 22.4 Å². The van der Waals surface area contributed by atoms with Gasteiger partial charge in [0.2, 0.25) is 0 Å². The van der Waals surface area contributed by atoms with Gasteiger partial charge in [-0.2, -0.15) is 18.4 Å². The number of allylic oxidation sites excluding steroid dienone is 1. The van der Waals surface area contributed by atoms with Crippen molar-refractivity contribution in [2.24, 2.45) is 0 Å². The summed E-state index contributed by atoms with van der Waals surface area (Å²) in [7, 11) is -3.47. The fourth-order valence-electron chi connectivity index (χ4n) is 4.63. The molecule has 0 aromatic heterocycles. The number of Topliss-reactive ketones (excluding diaryl/α,β-unsaturated/α-hetero) is 1. The molecule has 1 atom stereocenters. The fraction of sp³-hybridized carbons (Fsp3) is 0.308. The van der Waals surface area contributed by atoms with E-state index < -0.39 is 45.4 Å². The van der Waals surface area contributed by atoms with Crippen LogP contribution in [-0.4, -0.2) is 49.7 Å². The van der Waals surface area contributed by atoms with E-state index in [4.69, 9.17) is 0 Å². The maximum atomic E-state index is 14.0. The van der Waals surface area contributed by atoms with Gasteiger partial charge < -0.3 is 5.32 Å². The SMILES string of the molecule is CS(=O)(=O)CCNC(=O)N1C(=O)N(c2cccc(C(F)(F)F)c2)C2=C(C(=O)CCC2)C1c1ccc(C#N)cc1. The van der Waals surface area contributed by atoms with Crippen molar-refractivity contribution in [3.05, 3.63) is 76.5 Å². The summed E-state index contributed by atoms with van der Waals surface area (Å²) >= 11 is 0.